The van der Waals surface area contributed by atoms with Crippen LogP contribution in [0.1, 0.15) is 28.1 Å². The third-order valence-electron chi connectivity index (χ3n) is 5.91. The molecule has 2 aromatic carbocycles. The van der Waals surface area contributed by atoms with E-state index in [1.807, 2.05) is 41.9 Å². The lowest BCUT2D eigenvalue weighted by atomic mass is 10.0. The van der Waals surface area contributed by atoms with Crippen molar-refractivity contribution in [2.75, 3.05) is 18.4 Å². The van der Waals surface area contributed by atoms with Crippen molar-refractivity contribution >= 4 is 39.4 Å². The number of nitrogens with zero attached hydrogens (tertiary/aromatic N) is 4. The number of hydrogen-bond donors (Lipinski definition) is 2. The van der Waals surface area contributed by atoms with E-state index in [0.717, 1.165) is 43.5 Å². The van der Waals surface area contributed by atoms with Crippen molar-refractivity contribution in [1.82, 2.24) is 24.8 Å². The van der Waals surface area contributed by atoms with Crippen LogP contribution < -0.4 is 10.6 Å². The van der Waals surface area contributed by atoms with Crippen molar-refractivity contribution in [2.45, 2.75) is 25.4 Å². The fraction of sp³-hybridized carbons (Fsp3) is 0.292. The molecule has 2 N–H and O–H groups in total. The Kier molecular flexibility index (Phi) is 5.87. The first kappa shape index (κ1) is 20.7. The smallest absolute Gasteiger partial charge is 0.263 e. The van der Waals surface area contributed by atoms with Gasteiger partial charge in [0.25, 0.3) is 5.91 Å². The number of fused-ring (bicyclic) bond motifs is 1. The van der Waals surface area contributed by atoms with Gasteiger partial charge in [-0.25, -0.2) is 9.97 Å². The second-order valence-corrected chi connectivity index (χ2v) is 9.18. The Morgan fingerprint density at radius 2 is 1.84 bits per heavy atom. The fourth-order valence-corrected chi connectivity index (χ4v) is 4.84. The lowest BCUT2D eigenvalue weighted by molar-refractivity contribution is 0.0913. The van der Waals surface area contributed by atoms with E-state index in [0.29, 0.717) is 16.0 Å². The van der Waals surface area contributed by atoms with E-state index >= 15 is 0 Å². The number of thiazole rings is 1. The summed E-state index contributed by atoms with van der Waals surface area (Å²) in [5.41, 5.74) is 3.30. The number of aromatic nitrogens is 3. The van der Waals surface area contributed by atoms with Crippen LogP contribution in [-0.4, -0.2) is 44.5 Å². The summed E-state index contributed by atoms with van der Waals surface area (Å²) in [4.78, 5) is 24.8. The van der Waals surface area contributed by atoms with Crippen molar-refractivity contribution in [1.29, 1.82) is 0 Å². The van der Waals surface area contributed by atoms with Crippen molar-refractivity contribution in [3.63, 3.8) is 0 Å². The molecule has 1 amide bonds. The van der Waals surface area contributed by atoms with Gasteiger partial charge in [0.15, 0.2) is 5.13 Å². The summed E-state index contributed by atoms with van der Waals surface area (Å²) in [6, 6.07) is 18.7. The van der Waals surface area contributed by atoms with Crippen LogP contribution in [-0.2, 0) is 13.6 Å². The van der Waals surface area contributed by atoms with Crippen molar-refractivity contribution in [3.05, 3.63) is 71.2 Å². The number of para-hydroxylation sites is 2. The lowest BCUT2D eigenvalue weighted by Gasteiger charge is -2.32. The number of benzene rings is 2. The van der Waals surface area contributed by atoms with Gasteiger partial charge in [-0.1, -0.05) is 53.8 Å². The summed E-state index contributed by atoms with van der Waals surface area (Å²) >= 11 is 1.35. The summed E-state index contributed by atoms with van der Waals surface area (Å²) < 4.78 is 1.99. The van der Waals surface area contributed by atoms with Crippen LogP contribution in [0.25, 0.3) is 11.0 Å². The number of nitrogens with one attached hydrogen (secondary N) is 2. The van der Waals surface area contributed by atoms with Gasteiger partial charge in [0.05, 0.1) is 17.2 Å². The number of likely N-dealkylation sites (tertiary alicyclic amines) is 1. The van der Waals surface area contributed by atoms with Gasteiger partial charge in [0.2, 0.25) is 5.95 Å². The molecule has 2 aromatic heterocycles. The predicted molar refractivity (Wildman–Crippen MR) is 128 cm³/mol. The van der Waals surface area contributed by atoms with E-state index in [-0.39, 0.29) is 11.9 Å². The number of carbonyl (C=O) groups is 1. The maximum atomic E-state index is 12.8. The first-order chi connectivity index (χ1) is 15.7. The average molecular weight is 447 g/mol. The minimum Gasteiger partial charge on any atom is -0.348 e. The lowest BCUT2D eigenvalue weighted by Crippen LogP contribution is -2.44. The van der Waals surface area contributed by atoms with Gasteiger partial charge in [-0.2, -0.15) is 0 Å². The molecule has 3 heterocycles. The van der Waals surface area contributed by atoms with Crippen LogP contribution in [0.3, 0.4) is 0 Å². The van der Waals surface area contributed by atoms with Crippen LogP contribution in [0.4, 0.5) is 11.1 Å². The molecule has 1 saturated heterocycles. The zero-order valence-corrected chi connectivity index (χ0v) is 18.8. The van der Waals surface area contributed by atoms with Crippen LogP contribution in [0, 0.1) is 0 Å². The molecule has 0 aliphatic carbocycles. The van der Waals surface area contributed by atoms with Crippen LogP contribution in [0.5, 0.6) is 0 Å². The van der Waals surface area contributed by atoms with E-state index in [1.54, 1.807) is 6.20 Å². The zero-order valence-electron chi connectivity index (χ0n) is 18.0. The number of piperidine rings is 1. The molecular weight excluding hydrogens is 420 g/mol. The number of imidazole rings is 1. The number of anilines is 2. The predicted octanol–water partition coefficient (Wildman–Crippen LogP) is 4.17. The summed E-state index contributed by atoms with van der Waals surface area (Å²) in [5.74, 6) is 0.653. The molecule has 1 fully saturated rings. The monoisotopic (exact) mass is 446 g/mol. The Morgan fingerprint density at radius 3 is 2.62 bits per heavy atom. The highest BCUT2D eigenvalue weighted by molar-refractivity contribution is 7.17. The number of aryl methyl sites for hydroxylation is 1. The Bertz CT molecular complexity index is 1210. The third kappa shape index (κ3) is 4.51. The van der Waals surface area contributed by atoms with Crippen molar-refractivity contribution < 1.29 is 4.79 Å². The molecule has 1 aliphatic rings. The molecule has 5 rings (SSSR count). The first-order valence-corrected chi connectivity index (χ1v) is 11.7. The number of hydrogen-bond acceptors (Lipinski definition) is 6. The largest absolute Gasteiger partial charge is 0.348 e. The fourth-order valence-electron chi connectivity index (χ4n) is 4.12. The normalized spacial score (nSPS) is 15.2. The molecule has 8 heteroatoms. The van der Waals surface area contributed by atoms with E-state index in [9.17, 15) is 4.79 Å². The molecule has 32 heavy (non-hydrogen) atoms. The Balaban J connectivity index is 1.15. The third-order valence-corrected chi connectivity index (χ3v) is 6.82. The average Bonchev–Trinajstić information content (AvgIpc) is 3.41. The van der Waals surface area contributed by atoms with E-state index < -0.39 is 0 Å². The summed E-state index contributed by atoms with van der Waals surface area (Å²) in [7, 11) is 1.96. The molecule has 7 nitrogen and oxygen atoms in total. The molecular formula is C24H26N6OS. The van der Waals surface area contributed by atoms with Crippen LogP contribution >= 0.6 is 11.3 Å². The van der Waals surface area contributed by atoms with Crippen LogP contribution in [0.2, 0.25) is 0 Å². The summed E-state index contributed by atoms with van der Waals surface area (Å²) in [6.07, 6.45) is 3.56. The molecule has 0 bridgehead atoms. The Labute approximate surface area is 191 Å². The van der Waals surface area contributed by atoms with Crippen molar-refractivity contribution in [3.8, 4) is 0 Å². The second kappa shape index (κ2) is 9.10. The molecule has 0 unspecified atom stereocenters. The van der Waals surface area contributed by atoms with E-state index in [1.165, 1.54) is 16.9 Å². The SMILES string of the molecule is Cn1c(Nc2ncc(C(=O)NC3CCN(Cc4ccccc4)CC3)s2)nc2ccccc21. The van der Waals surface area contributed by atoms with E-state index in [2.05, 4.69) is 49.8 Å². The Morgan fingerprint density at radius 1 is 1.09 bits per heavy atom. The standard InChI is InChI=1S/C24H26N6OS/c1-29-20-10-6-5-9-19(20)27-23(29)28-24-25-15-21(32-24)22(31)26-18-11-13-30(14-12-18)16-17-7-3-2-4-8-17/h2-10,15,18H,11-14,16H2,1H3,(H,26,31)(H,25,27,28). The van der Waals surface area contributed by atoms with E-state index in [4.69, 9.17) is 0 Å². The molecule has 164 valence electrons. The van der Waals surface area contributed by atoms with Gasteiger partial charge in [-0.05, 0) is 30.5 Å². The molecule has 0 atom stereocenters. The van der Waals surface area contributed by atoms with Gasteiger partial charge in [0, 0.05) is 32.7 Å². The quantitative estimate of drug-likeness (QED) is 0.465. The maximum absolute atomic E-state index is 12.8. The topological polar surface area (TPSA) is 75.1 Å². The highest BCUT2D eigenvalue weighted by Gasteiger charge is 2.22. The van der Waals surface area contributed by atoms with Gasteiger partial charge in [0.1, 0.15) is 4.88 Å². The first-order valence-electron chi connectivity index (χ1n) is 10.9. The number of amides is 1. The van der Waals surface area contributed by atoms with Gasteiger partial charge >= 0.3 is 0 Å². The minimum absolute atomic E-state index is 0.0536. The molecule has 0 radical (unpaired) electrons. The summed E-state index contributed by atoms with van der Waals surface area (Å²) in [5, 5.41) is 7.09. The second-order valence-electron chi connectivity index (χ2n) is 8.15. The zero-order chi connectivity index (χ0) is 21.9. The number of rotatable bonds is 6. The molecule has 0 spiro atoms. The molecule has 1 aliphatic heterocycles. The highest BCUT2D eigenvalue weighted by Crippen LogP contribution is 2.25. The van der Waals surface area contributed by atoms with Crippen LogP contribution in [0.15, 0.2) is 60.8 Å². The minimum atomic E-state index is -0.0536. The highest BCUT2D eigenvalue weighted by atomic mass is 32.1. The van der Waals surface area contributed by atoms with Gasteiger partial charge in [-0.15, -0.1) is 0 Å². The number of carbonyl (C=O) groups excluding carboxylic acids is 1. The molecule has 4 aromatic rings. The summed E-state index contributed by atoms with van der Waals surface area (Å²) in [6.45, 7) is 2.94. The van der Waals surface area contributed by atoms with Crippen molar-refractivity contribution in [2.24, 2.45) is 7.05 Å². The van der Waals surface area contributed by atoms with Gasteiger partial charge in [-0.3, -0.25) is 9.69 Å². The van der Waals surface area contributed by atoms with Gasteiger partial charge < -0.3 is 15.2 Å². The Hall–Kier alpha value is -3.23. The maximum Gasteiger partial charge on any atom is 0.263 e. The molecule has 0 saturated carbocycles.